The number of halogens is 1. The van der Waals surface area contributed by atoms with Gasteiger partial charge in [0.25, 0.3) is 0 Å². The summed E-state index contributed by atoms with van der Waals surface area (Å²) < 4.78 is 13.0. The molecule has 2 heterocycles. The number of carbonyl (C=O) groups is 1. The topological polar surface area (TPSA) is 56.7 Å². The summed E-state index contributed by atoms with van der Waals surface area (Å²) >= 11 is 0. The van der Waals surface area contributed by atoms with Crippen LogP contribution in [0.1, 0.15) is 17.5 Å². The Hall–Kier alpha value is -2.31. The summed E-state index contributed by atoms with van der Waals surface area (Å²) in [6.07, 6.45) is 4.23. The number of amides is 1. The Morgan fingerprint density at radius 3 is 2.62 bits per heavy atom. The standard InChI is InChI=1S/C20H24FN3O2/c1-23(13-17-2-4-18(21)5-3-17)14-20(26)8-11-24(15-20)19(25)12-16-6-9-22-10-7-16/h2-7,9-10,26H,8,11-15H2,1H3/t20-/m0/s1. The van der Waals surface area contributed by atoms with Gasteiger partial charge in [0.2, 0.25) is 5.91 Å². The lowest BCUT2D eigenvalue weighted by molar-refractivity contribution is -0.130. The molecule has 0 aliphatic carbocycles. The van der Waals surface area contributed by atoms with E-state index in [0.717, 1.165) is 11.1 Å². The molecule has 1 fully saturated rings. The van der Waals surface area contributed by atoms with E-state index in [0.29, 0.717) is 39.0 Å². The van der Waals surface area contributed by atoms with E-state index in [9.17, 15) is 14.3 Å². The molecule has 26 heavy (non-hydrogen) atoms. The minimum Gasteiger partial charge on any atom is -0.387 e. The number of likely N-dealkylation sites (N-methyl/N-ethyl adjacent to an activating group) is 1. The Labute approximate surface area is 153 Å². The van der Waals surface area contributed by atoms with Crippen LogP contribution in [0.3, 0.4) is 0 Å². The average molecular weight is 357 g/mol. The predicted octanol–water partition coefficient (Wildman–Crippen LogP) is 1.86. The molecule has 1 amide bonds. The quantitative estimate of drug-likeness (QED) is 0.857. The van der Waals surface area contributed by atoms with Gasteiger partial charge in [-0.05, 0) is 48.9 Å². The summed E-state index contributed by atoms with van der Waals surface area (Å²) in [4.78, 5) is 20.1. The van der Waals surface area contributed by atoms with Crippen molar-refractivity contribution in [3.63, 3.8) is 0 Å². The summed E-state index contributed by atoms with van der Waals surface area (Å²) in [5, 5.41) is 10.9. The van der Waals surface area contributed by atoms with Crippen molar-refractivity contribution in [3.05, 3.63) is 65.7 Å². The molecule has 1 atom stereocenters. The molecule has 1 aromatic heterocycles. The van der Waals surface area contributed by atoms with Crippen LogP contribution < -0.4 is 0 Å². The molecule has 0 spiro atoms. The maximum absolute atomic E-state index is 13.0. The second-order valence-corrected chi connectivity index (χ2v) is 7.12. The van der Waals surface area contributed by atoms with Crippen LogP contribution in [0.5, 0.6) is 0 Å². The van der Waals surface area contributed by atoms with Gasteiger partial charge in [-0.2, -0.15) is 0 Å². The number of benzene rings is 1. The fourth-order valence-corrected chi connectivity index (χ4v) is 3.45. The Morgan fingerprint density at radius 1 is 1.23 bits per heavy atom. The third-order valence-corrected chi connectivity index (χ3v) is 4.72. The van der Waals surface area contributed by atoms with Gasteiger partial charge in [0.1, 0.15) is 5.82 Å². The number of carbonyl (C=O) groups excluding carboxylic acids is 1. The van der Waals surface area contributed by atoms with E-state index in [1.54, 1.807) is 29.4 Å². The Bertz CT molecular complexity index is 738. The highest BCUT2D eigenvalue weighted by atomic mass is 19.1. The highest BCUT2D eigenvalue weighted by Crippen LogP contribution is 2.23. The number of β-amino-alcohol motifs (C(OH)–C–C–N with tert-alkyl or cyclic N) is 1. The summed E-state index contributed by atoms with van der Waals surface area (Å²) in [5.41, 5.74) is 0.998. The maximum atomic E-state index is 13.0. The smallest absolute Gasteiger partial charge is 0.227 e. The second kappa shape index (κ2) is 7.93. The molecule has 138 valence electrons. The van der Waals surface area contributed by atoms with Crippen molar-refractivity contribution in [1.29, 1.82) is 0 Å². The molecule has 6 heteroatoms. The first-order valence-corrected chi connectivity index (χ1v) is 8.76. The first-order valence-electron chi connectivity index (χ1n) is 8.76. The minimum atomic E-state index is -0.914. The van der Waals surface area contributed by atoms with Gasteiger partial charge in [-0.25, -0.2) is 4.39 Å². The summed E-state index contributed by atoms with van der Waals surface area (Å²) in [5.74, 6) is -0.234. The lowest BCUT2D eigenvalue weighted by Crippen LogP contribution is -2.44. The van der Waals surface area contributed by atoms with Crippen LogP contribution in [0, 0.1) is 5.82 Å². The van der Waals surface area contributed by atoms with Crippen molar-refractivity contribution in [1.82, 2.24) is 14.8 Å². The molecular weight excluding hydrogens is 333 g/mol. The average Bonchev–Trinajstić information content (AvgIpc) is 2.99. The zero-order chi connectivity index (χ0) is 18.6. The summed E-state index contributed by atoms with van der Waals surface area (Å²) in [6.45, 7) is 1.98. The lowest BCUT2D eigenvalue weighted by atomic mass is 10.0. The van der Waals surface area contributed by atoms with Gasteiger partial charge in [0, 0.05) is 32.0 Å². The molecule has 3 rings (SSSR count). The molecule has 0 unspecified atom stereocenters. The fourth-order valence-electron chi connectivity index (χ4n) is 3.45. The second-order valence-electron chi connectivity index (χ2n) is 7.12. The molecule has 1 N–H and O–H groups in total. The normalized spacial score (nSPS) is 19.9. The zero-order valence-electron chi connectivity index (χ0n) is 14.9. The van der Waals surface area contributed by atoms with E-state index in [2.05, 4.69) is 4.98 Å². The van der Waals surface area contributed by atoms with Crippen molar-refractivity contribution in [2.24, 2.45) is 0 Å². The number of likely N-dealkylation sites (tertiary alicyclic amines) is 1. The van der Waals surface area contributed by atoms with E-state index in [-0.39, 0.29) is 11.7 Å². The minimum absolute atomic E-state index is 0.0216. The molecule has 0 saturated carbocycles. The summed E-state index contributed by atoms with van der Waals surface area (Å²) in [6, 6.07) is 10.0. The zero-order valence-corrected chi connectivity index (χ0v) is 14.9. The highest BCUT2D eigenvalue weighted by Gasteiger charge is 2.38. The molecule has 1 aliphatic rings. The van der Waals surface area contributed by atoms with E-state index >= 15 is 0 Å². The number of hydrogen-bond acceptors (Lipinski definition) is 4. The van der Waals surface area contributed by atoms with Gasteiger partial charge in [-0.3, -0.25) is 14.7 Å². The highest BCUT2D eigenvalue weighted by molar-refractivity contribution is 5.79. The van der Waals surface area contributed by atoms with Crippen molar-refractivity contribution in [2.45, 2.75) is 25.0 Å². The molecule has 1 aromatic carbocycles. The van der Waals surface area contributed by atoms with Crippen LogP contribution in [0.2, 0.25) is 0 Å². The third kappa shape index (κ3) is 4.86. The lowest BCUT2D eigenvalue weighted by Gasteiger charge is -2.29. The van der Waals surface area contributed by atoms with Gasteiger partial charge in [-0.1, -0.05) is 12.1 Å². The van der Waals surface area contributed by atoms with E-state index in [1.165, 1.54) is 12.1 Å². The van der Waals surface area contributed by atoms with Crippen molar-refractivity contribution < 1.29 is 14.3 Å². The number of pyridine rings is 1. The number of rotatable bonds is 6. The van der Waals surface area contributed by atoms with E-state index < -0.39 is 5.60 Å². The molecular formula is C20H24FN3O2. The largest absolute Gasteiger partial charge is 0.387 e. The van der Waals surface area contributed by atoms with Crippen molar-refractivity contribution >= 4 is 5.91 Å². The molecule has 5 nitrogen and oxygen atoms in total. The van der Waals surface area contributed by atoms with Crippen LogP contribution in [-0.4, -0.2) is 58.1 Å². The van der Waals surface area contributed by atoms with E-state index in [4.69, 9.17) is 0 Å². The molecule has 1 aliphatic heterocycles. The van der Waals surface area contributed by atoms with Crippen LogP contribution in [0.25, 0.3) is 0 Å². The Morgan fingerprint density at radius 2 is 1.92 bits per heavy atom. The van der Waals surface area contributed by atoms with Gasteiger partial charge >= 0.3 is 0 Å². The van der Waals surface area contributed by atoms with Crippen molar-refractivity contribution in [2.75, 3.05) is 26.7 Å². The van der Waals surface area contributed by atoms with Gasteiger partial charge in [-0.15, -0.1) is 0 Å². The SMILES string of the molecule is CN(Cc1ccc(F)cc1)C[C@@]1(O)CCN(C(=O)Cc2ccncc2)C1. The third-order valence-electron chi connectivity index (χ3n) is 4.72. The number of hydrogen-bond donors (Lipinski definition) is 1. The van der Waals surface area contributed by atoms with Crippen LogP contribution >= 0.6 is 0 Å². The monoisotopic (exact) mass is 357 g/mol. The van der Waals surface area contributed by atoms with Gasteiger partial charge in [0.15, 0.2) is 0 Å². The maximum Gasteiger partial charge on any atom is 0.227 e. The van der Waals surface area contributed by atoms with Crippen molar-refractivity contribution in [3.8, 4) is 0 Å². The van der Waals surface area contributed by atoms with Crippen LogP contribution in [0.4, 0.5) is 4.39 Å². The first-order chi connectivity index (χ1) is 12.4. The number of nitrogens with zero attached hydrogens (tertiary/aromatic N) is 3. The summed E-state index contributed by atoms with van der Waals surface area (Å²) in [7, 11) is 1.92. The fraction of sp³-hybridized carbons (Fsp3) is 0.400. The molecule has 1 saturated heterocycles. The van der Waals surface area contributed by atoms with Crippen LogP contribution in [-0.2, 0) is 17.8 Å². The first kappa shape index (κ1) is 18.5. The van der Waals surface area contributed by atoms with Gasteiger partial charge < -0.3 is 10.0 Å². The van der Waals surface area contributed by atoms with E-state index in [1.807, 2.05) is 24.1 Å². The Balaban J connectivity index is 1.52. The van der Waals surface area contributed by atoms with Crippen LogP contribution in [0.15, 0.2) is 48.8 Å². The Kier molecular flexibility index (Phi) is 5.64. The predicted molar refractivity (Wildman–Crippen MR) is 96.8 cm³/mol. The van der Waals surface area contributed by atoms with Gasteiger partial charge in [0.05, 0.1) is 18.6 Å². The number of aromatic nitrogens is 1. The number of aliphatic hydroxyl groups is 1. The molecule has 2 aromatic rings. The molecule has 0 bridgehead atoms. The molecule has 0 radical (unpaired) electrons.